The molecule has 3 heteroatoms. The first kappa shape index (κ1) is 18.3. The molecule has 0 aliphatic heterocycles. The summed E-state index contributed by atoms with van der Waals surface area (Å²) in [6.07, 6.45) is 4.94. The van der Waals surface area contributed by atoms with Gasteiger partial charge in [0.05, 0.1) is 7.11 Å². The van der Waals surface area contributed by atoms with Gasteiger partial charge in [0.25, 0.3) is 0 Å². The molecule has 2 atom stereocenters. The summed E-state index contributed by atoms with van der Waals surface area (Å²) in [7, 11) is 1.79. The van der Waals surface area contributed by atoms with Gasteiger partial charge in [-0.1, -0.05) is 32.9 Å². The van der Waals surface area contributed by atoms with Gasteiger partial charge >= 0.3 is 0 Å². The highest BCUT2D eigenvalue weighted by atomic mass is 35.5. The summed E-state index contributed by atoms with van der Waals surface area (Å²) in [5.41, 5.74) is 2.93. The Morgan fingerprint density at radius 2 is 1.86 bits per heavy atom. The Morgan fingerprint density at radius 1 is 1.19 bits per heavy atom. The topological polar surface area (TPSA) is 12.5 Å². The van der Waals surface area contributed by atoms with Crippen molar-refractivity contribution in [3.05, 3.63) is 29.3 Å². The monoisotopic (exact) mass is 311 g/mol. The molecule has 2 rings (SSSR count). The molecule has 1 aromatic rings. The van der Waals surface area contributed by atoms with Gasteiger partial charge in [-0.3, -0.25) is 4.90 Å². The lowest BCUT2D eigenvalue weighted by Crippen LogP contribution is -2.42. The molecule has 0 fully saturated rings. The van der Waals surface area contributed by atoms with Gasteiger partial charge in [0, 0.05) is 17.5 Å². The zero-order chi connectivity index (χ0) is 14.5. The summed E-state index contributed by atoms with van der Waals surface area (Å²) in [6.45, 7) is 9.37. The molecule has 0 amide bonds. The van der Waals surface area contributed by atoms with Crippen LogP contribution in [-0.2, 0) is 6.42 Å². The Balaban J connectivity index is 0.00000220. The van der Waals surface area contributed by atoms with Crippen molar-refractivity contribution < 1.29 is 4.74 Å². The van der Waals surface area contributed by atoms with Crippen LogP contribution in [0.25, 0.3) is 0 Å². The average molecular weight is 312 g/mol. The van der Waals surface area contributed by atoms with Crippen molar-refractivity contribution in [3.8, 4) is 5.75 Å². The number of ether oxygens (including phenoxy) is 1. The molecule has 0 bridgehead atoms. The maximum Gasteiger partial charge on any atom is 0.122 e. The summed E-state index contributed by atoms with van der Waals surface area (Å²) in [6, 6.07) is 7.18. The van der Waals surface area contributed by atoms with Crippen LogP contribution in [0.2, 0.25) is 0 Å². The number of nitrogens with zero attached hydrogens (tertiary/aromatic N) is 1. The van der Waals surface area contributed by atoms with Crippen LogP contribution in [0, 0.1) is 0 Å². The van der Waals surface area contributed by atoms with Gasteiger partial charge in [-0.05, 0) is 50.4 Å². The molecule has 2 nitrogen and oxygen atoms in total. The quantitative estimate of drug-likeness (QED) is 0.757. The number of methoxy groups -OCH3 is 1. The number of aryl methyl sites for hydroxylation is 1. The van der Waals surface area contributed by atoms with Gasteiger partial charge < -0.3 is 4.74 Å². The molecule has 21 heavy (non-hydrogen) atoms. The van der Waals surface area contributed by atoms with Crippen LogP contribution in [0.5, 0.6) is 5.75 Å². The summed E-state index contributed by atoms with van der Waals surface area (Å²) in [4.78, 5) is 2.69. The minimum Gasteiger partial charge on any atom is -0.496 e. The lowest BCUT2D eigenvalue weighted by atomic mass is 9.79. The first-order chi connectivity index (χ1) is 9.72. The maximum atomic E-state index is 5.61. The van der Waals surface area contributed by atoms with Crippen molar-refractivity contribution in [2.45, 2.75) is 58.4 Å². The van der Waals surface area contributed by atoms with Gasteiger partial charge in [-0.2, -0.15) is 0 Å². The first-order valence-corrected chi connectivity index (χ1v) is 8.12. The summed E-state index contributed by atoms with van der Waals surface area (Å²) < 4.78 is 5.61. The fourth-order valence-electron chi connectivity index (χ4n) is 3.76. The molecular weight excluding hydrogens is 282 g/mol. The fraction of sp³-hybridized carbons (Fsp3) is 0.667. The van der Waals surface area contributed by atoms with Crippen molar-refractivity contribution in [1.82, 2.24) is 4.90 Å². The van der Waals surface area contributed by atoms with Crippen LogP contribution in [0.4, 0.5) is 0 Å². The Labute approximate surface area is 136 Å². The van der Waals surface area contributed by atoms with Crippen LogP contribution in [0.3, 0.4) is 0 Å². The molecule has 0 unspecified atom stereocenters. The third-order valence-electron chi connectivity index (χ3n) is 4.61. The third kappa shape index (κ3) is 3.92. The van der Waals surface area contributed by atoms with Crippen LogP contribution < -0.4 is 4.74 Å². The maximum absolute atomic E-state index is 5.61. The largest absolute Gasteiger partial charge is 0.496 e. The second-order valence-corrected chi connectivity index (χ2v) is 5.96. The summed E-state index contributed by atoms with van der Waals surface area (Å²) >= 11 is 0. The number of hydrogen-bond acceptors (Lipinski definition) is 2. The molecule has 1 aromatic carbocycles. The van der Waals surface area contributed by atoms with Gasteiger partial charge in [-0.15, -0.1) is 12.4 Å². The van der Waals surface area contributed by atoms with E-state index in [9.17, 15) is 0 Å². The van der Waals surface area contributed by atoms with Crippen molar-refractivity contribution in [2.24, 2.45) is 0 Å². The number of benzene rings is 1. The molecule has 1 aliphatic rings. The van der Waals surface area contributed by atoms with Crippen molar-refractivity contribution in [2.75, 3.05) is 20.2 Å². The Bertz CT molecular complexity index is 415. The van der Waals surface area contributed by atoms with Gasteiger partial charge in [-0.25, -0.2) is 0 Å². The van der Waals surface area contributed by atoms with E-state index in [1.165, 1.54) is 49.9 Å². The Morgan fingerprint density at radius 3 is 2.43 bits per heavy atom. The van der Waals surface area contributed by atoms with Crippen LogP contribution in [-0.4, -0.2) is 31.1 Å². The zero-order valence-corrected chi connectivity index (χ0v) is 14.7. The highest BCUT2D eigenvalue weighted by Crippen LogP contribution is 2.39. The molecule has 0 N–H and O–H groups in total. The van der Waals surface area contributed by atoms with E-state index in [0.717, 1.165) is 5.75 Å². The van der Waals surface area contributed by atoms with E-state index in [1.807, 2.05) is 0 Å². The van der Waals surface area contributed by atoms with Crippen molar-refractivity contribution in [3.63, 3.8) is 0 Å². The predicted octanol–water partition coefficient (Wildman–Crippen LogP) is 4.66. The lowest BCUT2D eigenvalue weighted by Gasteiger charge is -2.40. The highest BCUT2D eigenvalue weighted by molar-refractivity contribution is 5.85. The smallest absolute Gasteiger partial charge is 0.122 e. The molecular formula is C18H30ClNO. The molecule has 1 aliphatic carbocycles. The standard InChI is InChI=1S/C18H29NO.ClH/c1-5-12-19(13-6-2)16-11-10-15-8-7-9-17(20-4)18(15)14(16)3;/h7-9,14,16H,5-6,10-13H2,1-4H3;1H/t14-,16+;/m0./s1. The van der Waals surface area contributed by atoms with E-state index >= 15 is 0 Å². The van der Waals surface area contributed by atoms with Gasteiger partial charge in [0.15, 0.2) is 0 Å². The van der Waals surface area contributed by atoms with Crippen LogP contribution in [0.1, 0.15) is 57.1 Å². The second-order valence-electron chi connectivity index (χ2n) is 5.96. The zero-order valence-electron chi connectivity index (χ0n) is 13.9. The fourth-order valence-corrected chi connectivity index (χ4v) is 3.76. The summed E-state index contributed by atoms with van der Waals surface area (Å²) in [5, 5.41) is 0. The molecule has 0 saturated heterocycles. The SMILES string of the molecule is CCCN(CCC)[C@@H]1CCc2cccc(OC)c2[C@H]1C.Cl. The van der Waals surface area contributed by atoms with Crippen molar-refractivity contribution in [1.29, 1.82) is 0 Å². The molecule has 0 radical (unpaired) electrons. The number of rotatable bonds is 6. The predicted molar refractivity (Wildman–Crippen MR) is 92.9 cm³/mol. The number of fused-ring (bicyclic) bond motifs is 1. The minimum absolute atomic E-state index is 0. The van der Waals surface area contributed by atoms with E-state index in [2.05, 4.69) is 43.9 Å². The van der Waals surface area contributed by atoms with Crippen LogP contribution in [0.15, 0.2) is 18.2 Å². The molecule has 0 heterocycles. The minimum atomic E-state index is 0. The summed E-state index contributed by atoms with van der Waals surface area (Å²) in [5.74, 6) is 1.64. The van der Waals surface area contributed by atoms with E-state index in [4.69, 9.17) is 4.74 Å². The van der Waals surface area contributed by atoms with Crippen LogP contribution >= 0.6 is 12.4 Å². The first-order valence-electron chi connectivity index (χ1n) is 8.12. The van der Waals surface area contributed by atoms with E-state index in [0.29, 0.717) is 12.0 Å². The van der Waals surface area contributed by atoms with E-state index in [1.54, 1.807) is 7.11 Å². The molecule has 0 saturated carbocycles. The highest BCUT2D eigenvalue weighted by Gasteiger charge is 2.31. The molecule has 120 valence electrons. The van der Waals surface area contributed by atoms with E-state index < -0.39 is 0 Å². The number of halogens is 1. The Kier molecular flexibility index (Phi) is 7.55. The Hall–Kier alpha value is -0.730. The molecule has 0 aromatic heterocycles. The van der Waals surface area contributed by atoms with Gasteiger partial charge in [0.2, 0.25) is 0 Å². The normalized spacial score (nSPS) is 20.8. The lowest BCUT2D eigenvalue weighted by molar-refractivity contribution is 0.157. The van der Waals surface area contributed by atoms with Gasteiger partial charge in [0.1, 0.15) is 5.75 Å². The van der Waals surface area contributed by atoms with E-state index in [-0.39, 0.29) is 12.4 Å². The average Bonchev–Trinajstić information content (AvgIpc) is 2.47. The third-order valence-corrected chi connectivity index (χ3v) is 4.61. The molecule has 0 spiro atoms. The number of hydrogen-bond donors (Lipinski definition) is 0. The second kappa shape index (κ2) is 8.65. The van der Waals surface area contributed by atoms with Crippen molar-refractivity contribution >= 4 is 12.4 Å².